The first-order valence-corrected chi connectivity index (χ1v) is 6.85. The van der Waals surface area contributed by atoms with Gasteiger partial charge in [0.25, 0.3) is 0 Å². The van der Waals surface area contributed by atoms with Crippen LogP contribution >= 0.6 is 0 Å². The van der Waals surface area contributed by atoms with Gasteiger partial charge in [0.05, 0.1) is 0 Å². The van der Waals surface area contributed by atoms with Gasteiger partial charge in [-0.1, -0.05) is 12.1 Å². The molecule has 0 fully saturated rings. The van der Waals surface area contributed by atoms with E-state index < -0.39 is 0 Å². The summed E-state index contributed by atoms with van der Waals surface area (Å²) in [6.45, 7) is 3.51. The lowest BCUT2D eigenvalue weighted by Gasteiger charge is -2.13. The molecule has 2 heterocycles. The van der Waals surface area contributed by atoms with Crippen molar-refractivity contribution >= 4 is 17.8 Å². The number of nitrogens with one attached hydrogen (secondary N) is 2. The summed E-state index contributed by atoms with van der Waals surface area (Å²) in [6, 6.07) is 0. The zero-order chi connectivity index (χ0) is 15.1. The zero-order valence-electron chi connectivity index (χ0n) is 12.5. The molecule has 21 heavy (non-hydrogen) atoms. The van der Waals surface area contributed by atoms with E-state index in [0.717, 1.165) is 13.0 Å². The Morgan fingerprint density at radius 3 is 2.38 bits per heavy atom. The molecule has 114 valence electrons. The Balaban J connectivity index is 2.00. The van der Waals surface area contributed by atoms with E-state index >= 15 is 0 Å². The van der Waals surface area contributed by atoms with Gasteiger partial charge in [-0.25, -0.2) is 0 Å². The molecule has 0 radical (unpaired) electrons. The molecule has 9 nitrogen and oxygen atoms in total. The van der Waals surface area contributed by atoms with Crippen molar-refractivity contribution < 1.29 is 4.52 Å². The summed E-state index contributed by atoms with van der Waals surface area (Å²) < 4.78 is 4.94. The van der Waals surface area contributed by atoms with Gasteiger partial charge in [-0.3, -0.25) is 0 Å². The van der Waals surface area contributed by atoms with Crippen LogP contribution in [0.15, 0.2) is 10.9 Å². The SMILES string of the molecule is CCCNc1nc(NCCc2ncno2)nc(N(C)C)n1. The van der Waals surface area contributed by atoms with Gasteiger partial charge in [0, 0.05) is 33.6 Å². The monoisotopic (exact) mass is 292 g/mol. The second-order valence-electron chi connectivity index (χ2n) is 4.62. The summed E-state index contributed by atoms with van der Waals surface area (Å²) in [5, 5.41) is 9.86. The van der Waals surface area contributed by atoms with E-state index in [9.17, 15) is 0 Å². The maximum atomic E-state index is 4.94. The van der Waals surface area contributed by atoms with Crippen LogP contribution in [0.5, 0.6) is 0 Å². The average molecular weight is 292 g/mol. The van der Waals surface area contributed by atoms with E-state index in [1.54, 1.807) is 0 Å². The van der Waals surface area contributed by atoms with Crippen LogP contribution in [0.4, 0.5) is 17.8 Å². The standard InChI is InChI=1S/C12H20N8O/c1-4-6-13-10-17-11(19-12(18-10)20(2)3)14-7-5-9-15-8-16-21-9/h8H,4-7H2,1-3H3,(H2,13,14,17,18,19). The average Bonchev–Trinajstić information content (AvgIpc) is 2.98. The lowest BCUT2D eigenvalue weighted by molar-refractivity contribution is 0.379. The highest BCUT2D eigenvalue weighted by Crippen LogP contribution is 2.11. The van der Waals surface area contributed by atoms with Gasteiger partial charge in [0.15, 0.2) is 6.33 Å². The third kappa shape index (κ3) is 4.55. The molecule has 0 aliphatic rings. The molecule has 2 aromatic heterocycles. The molecule has 2 aromatic rings. The normalized spacial score (nSPS) is 10.4. The van der Waals surface area contributed by atoms with E-state index in [1.807, 2.05) is 19.0 Å². The molecule has 2 N–H and O–H groups in total. The van der Waals surface area contributed by atoms with E-state index in [1.165, 1.54) is 6.33 Å². The Morgan fingerprint density at radius 1 is 1.10 bits per heavy atom. The molecule has 0 aromatic carbocycles. The van der Waals surface area contributed by atoms with E-state index in [-0.39, 0.29) is 0 Å². The van der Waals surface area contributed by atoms with Crippen LogP contribution in [0, 0.1) is 0 Å². The lowest BCUT2D eigenvalue weighted by atomic mass is 10.4. The van der Waals surface area contributed by atoms with Crippen molar-refractivity contribution in [3.63, 3.8) is 0 Å². The Bertz CT molecular complexity index is 542. The molecule has 0 spiro atoms. The topological polar surface area (TPSA) is 105 Å². The number of hydrogen-bond donors (Lipinski definition) is 2. The van der Waals surface area contributed by atoms with Gasteiger partial charge in [-0.2, -0.15) is 19.9 Å². The van der Waals surface area contributed by atoms with Gasteiger partial charge in [0.1, 0.15) is 0 Å². The first-order chi connectivity index (χ1) is 10.2. The molecular formula is C12H20N8O. The summed E-state index contributed by atoms with van der Waals surface area (Å²) in [6.07, 6.45) is 3.00. The van der Waals surface area contributed by atoms with Gasteiger partial charge < -0.3 is 20.1 Å². The van der Waals surface area contributed by atoms with Gasteiger partial charge in [-0.15, -0.1) is 0 Å². The maximum absolute atomic E-state index is 4.94. The number of rotatable bonds is 8. The Kier molecular flexibility index (Phi) is 5.24. The minimum absolute atomic E-state index is 0.520. The molecule has 0 saturated heterocycles. The predicted octanol–water partition coefficient (Wildman–Crippen LogP) is 0.797. The highest BCUT2D eigenvalue weighted by molar-refractivity contribution is 5.42. The number of anilines is 3. The van der Waals surface area contributed by atoms with Crippen LogP contribution in [-0.2, 0) is 6.42 Å². The fraction of sp³-hybridized carbons (Fsp3) is 0.583. The maximum Gasteiger partial charge on any atom is 0.231 e. The zero-order valence-corrected chi connectivity index (χ0v) is 12.5. The minimum atomic E-state index is 0.520. The molecule has 0 bridgehead atoms. The molecule has 0 saturated carbocycles. The van der Waals surface area contributed by atoms with E-state index in [0.29, 0.717) is 36.7 Å². The third-order valence-corrected chi connectivity index (χ3v) is 2.59. The number of aromatic nitrogens is 5. The fourth-order valence-corrected chi connectivity index (χ4v) is 1.55. The minimum Gasteiger partial charge on any atom is -0.354 e. The molecule has 0 aliphatic carbocycles. The van der Waals surface area contributed by atoms with Crippen LogP contribution in [0.3, 0.4) is 0 Å². The molecule has 0 atom stereocenters. The highest BCUT2D eigenvalue weighted by Gasteiger charge is 2.08. The van der Waals surface area contributed by atoms with Crippen molar-refractivity contribution in [2.45, 2.75) is 19.8 Å². The van der Waals surface area contributed by atoms with Crippen LogP contribution in [0.1, 0.15) is 19.2 Å². The van der Waals surface area contributed by atoms with Crippen LogP contribution in [-0.4, -0.2) is 52.3 Å². The first kappa shape index (κ1) is 14.9. The second-order valence-corrected chi connectivity index (χ2v) is 4.62. The summed E-state index contributed by atoms with van der Waals surface area (Å²) >= 11 is 0. The van der Waals surface area contributed by atoms with Crippen molar-refractivity contribution in [1.29, 1.82) is 0 Å². The van der Waals surface area contributed by atoms with Crippen molar-refractivity contribution in [3.05, 3.63) is 12.2 Å². The van der Waals surface area contributed by atoms with Gasteiger partial charge in [-0.05, 0) is 6.42 Å². The van der Waals surface area contributed by atoms with E-state index in [2.05, 4.69) is 42.6 Å². The smallest absolute Gasteiger partial charge is 0.231 e. The Labute approximate surface area is 123 Å². The summed E-state index contributed by atoms with van der Waals surface area (Å²) in [5.41, 5.74) is 0. The third-order valence-electron chi connectivity index (χ3n) is 2.59. The van der Waals surface area contributed by atoms with Crippen molar-refractivity contribution in [2.24, 2.45) is 0 Å². The highest BCUT2D eigenvalue weighted by atomic mass is 16.5. The fourth-order valence-electron chi connectivity index (χ4n) is 1.55. The molecule has 2 rings (SSSR count). The molecule has 9 heteroatoms. The predicted molar refractivity (Wildman–Crippen MR) is 79.4 cm³/mol. The lowest BCUT2D eigenvalue weighted by Crippen LogP contribution is -2.18. The van der Waals surface area contributed by atoms with Gasteiger partial charge in [0.2, 0.25) is 23.7 Å². The summed E-state index contributed by atoms with van der Waals surface area (Å²) in [5.74, 6) is 2.26. The summed E-state index contributed by atoms with van der Waals surface area (Å²) in [7, 11) is 3.78. The van der Waals surface area contributed by atoms with Crippen LogP contribution in [0.2, 0.25) is 0 Å². The molecule has 0 unspecified atom stereocenters. The van der Waals surface area contributed by atoms with E-state index in [4.69, 9.17) is 4.52 Å². The molecular weight excluding hydrogens is 272 g/mol. The van der Waals surface area contributed by atoms with Crippen molar-refractivity contribution in [2.75, 3.05) is 42.7 Å². The molecule has 0 amide bonds. The largest absolute Gasteiger partial charge is 0.354 e. The van der Waals surface area contributed by atoms with Gasteiger partial charge >= 0.3 is 0 Å². The van der Waals surface area contributed by atoms with Crippen molar-refractivity contribution in [3.8, 4) is 0 Å². The Hall–Kier alpha value is -2.45. The number of hydrogen-bond acceptors (Lipinski definition) is 9. The summed E-state index contributed by atoms with van der Waals surface area (Å²) in [4.78, 5) is 18.8. The first-order valence-electron chi connectivity index (χ1n) is 6.85. The Morgan fingerprint density at radius 2 is 1.81 bits per heavy atom. The van der Waals surface area contributed by atoms with Crippen LogP contribution in [0.25, 0.3) is 0 Å². The van der Waals surface area contributed by atoms with Crippen LogP contribution < -0.4 is 15.5 Å². The quantitative estimate of drug-likeness (QED) is 0.730. The number of nitrogens with zero attached hydrogens (tertiary/aromatic N) is 6. The van der Waals surface area contributed by atoms with Crippen molar-refractivity contribution in [1.82, 2.24) is 25.1 Å². The second kappa shape index (κ2) is 7.36. The molecule has 0 aliphatic heterocycles.